The Bertz CT molecular complexity index is 724. The zero-order valence-corrected chi connectivity index (χ0v) is 12.4. The molecule has 3 N–H and O–H groups in total. The summed E-state index contributed by atoms with van der Waals surface area (Å²) >= 11 is 0. The molecule has 0 aliphatic carbocycles. The van der Waals surface area contributed by atoms with E-state index in [1.165, 1.54) is 6.07 Å². The van der Waals surface area contributed by atoms with Crippen molar-refractivity contribution in [2.45, 2.75) is 25.2 Å². The molecular weight excluding hydrogens is 272 g/mol. The molecule has 5 heteroatoms. The summed E-state index contributed by atoms with van der Waals surface area (Å²) in [6, 6.07) is 12.2. The van der Waals surface area contributed by atoms with E-state index in [4.69, 9.17) is 5.73 Å². The number of nitrogen functional groups attached to an aromatic ring is 1. The van der Waals surface area contributed by atoms with Crippen LogP contribution in [0.5, 0.6) is 0 Å². The predicted molar refractivity (Wildman–Crippen MR) is 82.2 cm³/mol. The van der Waals surface area contributed by atoms with Crippen molar-refractivity contribution in [3.8, 4) is 0 Å². The van der Waals surface area contributed by atoms with Gasteiger partial charge < -0.3 is 5.73 Å². The largest absolute Gasteiger partial charge is 0.399 e. The van der Waals surface area contributed by atoms with Crippen molar-refractivity contribution in [3.63, 3.8) is 0 Å². The molecule has 0 spiro atoms. The molecule has 0 aliphatic heterocycles. The summed E-state index contributed by atoms with van der Waals surface area (Å²) < 4.78 is 27.5. The number of benzene rings is 2. The number of hydrogen-bond donors (Lipinski definition) is 2. The summed E-state index contributed by atoms with van der Waals surface area (Å²) in [6.45, 7) is 3.72. The summed E-state index contributed by atoms with van der Waals surface area (Å²) in [5, 5.41) is 0. The Morgan fingerprint density at radius 3 is 2.50 bits per heavy atom. The molecule has 0 unspecified atom stereocenters. The number of hydrogen-bond acceptors (Lipinski definition) is 3. The van der Waals surface area contributed by atoms with E-state index in [1.807, 2.05) is 25.1 Å². The summed E-state index contributed by atoms with van der Waals surface area (Å²) in [5.74, 6) is 0. The van der Waals surface area contributed by atoms with Gasteiger partial charge in [0, 0.05) is 5.69 Å². The Labute approximate surface area is 119 Å². The molecule has 0 saturated heterocycles. The fourth-order valence-electron chi connectivity index (χ4n) is 2.10. The smallest absolute Gasteiger partial charge is 0.262 e. The van der Waals surface area contributed by atoms with E-state index in [-0.39, 0.29) is 4.90 Å². The zero-order chi connectivity index (χ0) is 14.8. The molecule has 0 fully saturated rings. The van der Waals surface area contributed by atoms with E-state index in [1.54, 1.807) is 25.1 Å². The van der Waals surface area contributed by atoms with Crippen molar-refractivity contribution >= 4 is 21.4 Å². The Balaban J connectivity index is 2.41. The minimum atomic E-state index is -3.60. The lowest BCUT2D eigenvalue weighted by molar-refractivity contribution is 0.600. The zero-order valence-electron chi connectivity index (χ0n) is 11.6. The molecule has 0 aliphatic rings. The van der Waals surface area contributed by atoms with E-state index in [2.05, 4.69) is 4.72 Å². The molecule has 106 valence electrons. The van der Waals surface area contributed by atoms with Crippen LogP contribution in [0.15, 0.2) is 47.4 Å². The number of para-hydroxylation sites is 1. The Hall–Kier alpha value is -2.01. The van der Waals surface area contributed by atoms with Gasteiger partial charge >= 0.3 is 0 Å². The van der Waals surface area contributed by atoms with Crippen LogP contribution in [0.2, 0.25) is 0 Å². The number of rotatable bonds is 4. The van der Waals surface area contributed by atoms with Crippen LogP contribution >= 0.6 is 0 Å². The maximum Gasteiger partial charge on any atom is 0.262 e. The SMILES string of the molecule is CCc1ccccc1NS(=O)(=O)c1ccc(N)cc1C. The standard InChI is InChI=1S/C15H18N2O2S/c1-3-12-6-4-5-7-14(12)17-20(18,19)15-9-8-13(16)10-11(15)2/h4-10,17H,3,16H2,1-2H3. The molecule has 2 rings (SSSR count). The first-order chi connectivity index (χ1) is 9.44. The van der Waals surface area contributed by atoms with Crippen LogP contribution in [0, 0.1) is 6.92 Å². The average molecular weight is 290 g/mol. The number of nitrogens with one attached hydrogen (secondary N) is 1. The molecule has 0 amide bonds. The minimum absolute atomic E-state index is 0.248. The third-order valence-corrected chi connectivity index (χ3v) is 4.66. The molecule has 20 heavy (non-hydrogen) atoms. The van der Waals surface area contributed by atoms with E-state index in [9.17, 15) is 8.42 Å². The van der Waals surface area contributed by atoms with Crippen LogP contribution < -0.4 is 10.5 Å². The van der Waals surface area contributed by atoms with Crippen molar-refractivity contribution in [2.24, 2.45) is 0 Å². The van der Waals surface area contributed by atoms with Crippen molar-refractivity contribution in [1.82, 2.24) is 0 Å². The number of anilines is 2. The van der Waals surface area contributed by atoms with E-state index >= 15 is 0 Å². The van der Waals surface area contributed by atoms with Gasteiger partial charge in [-0.2, -0.15) is 0 Å². The lowest BCUT2D eigenvalue weighted by Crippen LogP contribution is -2.15. The predicted octanol–water partition coefficient (Wildman–Crippen LogP) is 2.94. The van der Waals surface area contributed by atoms with Gasteiger partial charge in [-0.1, -0.05) is 25.1 Å². The van der Waals surface area contributed by atoms with Crippen molar-refractivity contribution in [3.05, 3.63) is 53.6 Å². The Kier molecular flexibility index (Phi) is 3.99. The van der Waals surface area contributed by atoms with E-state index in [0.717, 1.165) is 12.0 Å². The van der Waals surface area contributed by atoms with Crippen LogP contribution in [0.1, 0.15) is 18.1 Å². The van der Waals surface area contributed by atoms with E-state index in [0.29, 0.717) is 16.9 Å². The van der Waals surface area contributed by atoms with E-state index < -0.39 is 10.0 Å². The maximum atomic E-state index is 12.4. The van der Waals surface area contributed by atoms with Crippen molar-refractivity contribution < 1.29 is 8.42 Å². The van der Waals surface area contributed by atoms with Gasteiger partial charge in [0.1, 0.15) is 0 Å². The second-order valence-corrected chi connectivity index (χ2v) is 6.29. The molecule has 2 aromatic rings. The highest BCUT2D eigenvalue weighted by atomic mass is 32.2. The highest BCUT2D eigenvalue weighted by molar-refractivity contribution is 7.92. The van der Waals surface area contributed by atoms with Crippen LogP contribution in [0.4, 0.5) is 11.4 Å². The second kappa shape index (κ2) is 5.54. The summed E-state index contributed by atoms with van der Waals surface area (Å²) in [5.41, 5.74) is 8.42. The first-order valence-corrected chi connectivity index (χ1v) is 7.89. The van der Waals surface area contributed by atoms with Crippen LogP contribution in [-0.4, -0.2) is 8.42 Å². The van der Waals surface area contributed by atoms with Gasteiger partial charge in [0.05, 0.1) is 10.6 Å². The van der Waals surface area contributed by atoms with Gasteiger partial charge in [-0.15, -0.1) is 0 Å². The number of aryl methyl sites for hydroxylation is 2. The quantitative estimate of drug-likeness (QED) is 0.850. The highest BCUT2D eigenvalue weighted by Gasteiger charge is 2.17. The van der Waals surface area contributed by atoms with Gasteiger partial charge in [-0.05, 0) is 48.7 Å². The maximum absolute atomic E-state index is 12.4. The summed E-state index contributed by atoms with van der Waals surface area (Å²) in [4.78, 5) is 0.248. The normalized spacial score (nSPS) is 11.3. The number of nitrogens with two attached hydrogens (primary N) is 1. The van der Waals surface area contributed by atoms with Crippen molar-refractivity contribution in [2.75, 3.05) is 10.5 Å². The molecule has 0 aromatic heterocycles. The summed E-state index contributed by atoms with van der Waals surface area (Å²) in [7, 11) is -3.60. The molecule has 0 heterocycles. The van der Waals surface area contributed by atoms with Crippen LogP contribution in [-0.2, 0) is 16.4 Å². The van der Waals surface area contributed by atoms with Crippen LogP contribution in [0.25, 0.3) is 0 Å². The lowest BCUT2D eigenvalue weighted by Gasteiger charge is -2.13. The minimum Gasteiger partial charge on any atom is -0.399 e. The van der Waals surface area contributed by atoms with Gasteiger partial charge in [0.15, 0.2) is 0 Å². The average Bonchev–Trinajstić information content (AvgIpc) is 2.38. The number of sulfonamides is 1. The van der Waals surface area contributed by atoms with Gasteiger partial charge in [-0.25, -0.2) is 8.42 Å². The van der Waals surface area contributed by atoms with Gasteiger partial charge in [0.2, 0.25) is 0 Å². The molecule has 0 radical (unpaired) electrons. The Morgan fingerprint density at radius 2 is 1.85 bits per heavy atom. The monoisotopic (exact) mass is 290 g/mol. The molecule has 0 atom stereocenters. The molecular formula is C15H18N2O2S. The fraction of sp³-hybridized carbons (Fsp3) is 0.200. The van der Waals surface area contributed by atoms with Gasteiger partial charge in [0.25, 0.3) is 10.0 Å². The third kappa shape index (κ3) is 2.93. The molecule has 2 aromatic carbocycles. The molecule has 0 bridgehead atoms. The fourth-order valence-corrected chi connectivity index (χ4v) is 3.43. The van der Waals surface area contributed by atoms with Gasteiger partial charge in [-0.3, -0.25) is 4.72 Å². The second-order valence-electron chi connectivity index (χ2n) is 4.64. The lowest BCUT2D eigenvalue weighted by atomic mass is 10.1. The third-order valence-electron chi connectivity index (χ3n) is 3.13. The topological polar surface area (TPSA) is 72.2 Å². The Morgan fingerprint density at radius 1 is 1.15 bits per heavy atom. The molecule has 4 nitrogen and oxygen atoms in total. The summed E-state index contributed by atoms with van der Waals surface area (Å²) in [6.07, 6.45) is 0.763. The van der Waals surface area contributed by atoms with Crippen molar-refractivity contribution in [1.29, 1.82) is 0 Å². The van der Waals surface area contributed by atoms with Crippen LogP contribution in [0.3, 0.4) is 0 Å². The first-order valence-electron chi connectivity index (χ1n) is 6.41. The molecule has 0 saturated carbocycles. The highest BCUT2D eigenvalue weighted by Crippen LogP contribution is 2.23. The first kappa shape index (κ1) is 14.4.